The Bertz CT molecular complexity index is 1060. The van der Waals surface area contributed by atoms with Gasteiger partial charge in [0.15, 0.2) is 5.82 Å². The number of rotatable bonds is 5. The third kappa shape index (κ3) is 4.57. The summed E-state index contributed by atoms with van der Waals surface area (Å²) in [5.74, 6) is 0.785. The molecule has 0 spiro atoms. The lowest BCUT2D eigenvalue weighted by molar-refractivity contribution is -0.137. The molecule has 2 fully saturated rings. The molecule has 3 aromatic rings. The Hall–Kier alpha value is -3.01. The maximum Gasteiger partial charge on any atom is 0.416 e. The largest absolute Gasteiger partial charge is 0.416 e. The Kier molecular flexibility index (Phi) is 6.01. The summed E-state index contributed by atoms with van der Waals surface area (Å²) in [4.78, 5) is 8.89. The first-order valence-electron chi connectivity index (χ1n) is 11.4. The van der Waals surface area contributed by atoms with E-state index in [2.05, 4.69) is 25.4 Å². The number of piperazine rings is 1. The Morgan fingerprint density at radius 1 is 0.939 bits per heavy atom. The van der Waals surface area contributed by atoms with Gasteiger partial charge in [-0.1, -0.05) is 25.0 Å². The highest BCUT2D eigenvalue weighted by Crippen LogP contribution is 2.35. The maximum absolute atomic E-state index is 13.2. The van der Waals surface area contributed by atoms with Crippen LogP contribution < -0.4 is 4.90 Å². The van der Waals surface area contributed by atoms with Gasteiger partial charge in [0.2, 0.25) is 0 Å². The van der Waals surface area contributed by atoms with Crippen LogP contribution in [0.5, 0.6) is 0 Å². The second-order valence-electron chi connectivity index (χ2n) is 8.65. The molecule has 3 heterocycles. The number of aromatic nitrogens is 5. The molecule has 1 atom stereocenters. The summed E-state index contributed by atoms with van der Waals surface area (Å²) in [6.45, 7) is 2.54. The normalized spacial score (nSPS) is 19.2. The fraction of sp³-hybridized carbons (Fsp3) is 0.478. The van der Waals surface area contributed by atoms with Gasteiger partial charge in [0.25, 0.3) is 0 Å². The number of halogens is 3. The number of hydrogen-bond donors (Lipinski definition) is 0. The molecule has 7 nitrogen and oxygen atoms in total. The Balaban J connectivity index is 1.38. The fourth-order valence-corrected chi connectivity index (χ4v) is 4.93. The topological polar surface area (TPSA) is 63.0 Å². The van der Waals surface area contributed by atoms with Gasteiger partial charge in [-0.15, -0.1) is 5.10 Å². The SMILES string of the molecule is FC(F)(F)c1cccc(N2CCN([C@@H](c3ccccn3)c3nnnn3C3CCCC3)CC2)c1. The minimum Gasteiger partial charge on any atom is -0.369 e. The van der Waals surface area contributed by atoms with Crippen LogP contribution in [-0.2, 0) is 6.18 Å². The predicted octanol–water partition coefficient (Wildman–Crippen LogP) is 4.11. The van der Waals surface area contributed by atoms with E-state index in [0.29, 0.717) is 37.9 Å². The van der Waals surface area contributed by atoms with Crippen molar-refractivity contribution in [2.24, 2.45) is 0 Å². The number of nitrogens with zero attached hydrogens (tertiary/aromatic N) is 7. The van der Waals surface area contributed by atoms with E-state index in [1.165, 1.54) is 25.0 Å². The highest BCUT2D eigenvalue weighted by Gasteiger charge is 2.35. The first kappa shape index (κ1) is 21.8. The first-order valence-corrected chi connectivity index (χ1v) is 11.4. The lowest BCUT2D eigenvalue weighted by Gasteiger charge is -2.39. The summed E-state index contributed by atoms with van der Waals surface area (Å²) >= 11 is 0. The minimum atomic E-state index is -4.35. The van der Waals surface area contributed by atoms with Gasteiger partial charge in [0.05, 0.1) is 17.3 Å². The van der Waals surface area contributed by atoms with Gasteiger partial charge in [0, 0.05) is 38.1 Å². The van der Waals surface area contributed by atoms with E-state index in [9.17, 15) is 13.2 Å². The van der Waals surface area contributed by atoms with Crippen LogP contribution in [-0.4, -0.2) is 56.3 Å². The van der Waals surface area contributed by atoms with E-state index in [-0.39, 0.29) is 6.04 Å². The number of hydrogen-bond acceptors (Lipinski definition) is 6. The summed E-state index contributed by atoms with van der Waals surface area (Å²) in [6.07, 6.45) is 1.90. The summed E-state index contributed by atoms with van der Waals surface area (Å²) in [6, 6.07) is 11.5. The van der Waals surface area contributed by atoms with Gasteiger partial charge < -0.3 is 4.90 Å². The molecule has 2 aliphatic rings. The van der Waals surface area contributed by atoms with Crippen molar-refractivity contribution in [1.29, 1.82) is 0 Å². The number of alkyl halides is 3. The number of pyridine rings is 1. The van der Waals surface area contributed by atoms with Crippen LogP contribution in [0.1, 0.15) is 54.8 Å². The molecule has 1 aliphatic heterocycles. The maximum atomic E-state index is 13.2. The zero-order valence-electron chi connectivity index (χ0n) is 18.2. The Labute approximate surface area is 190 Å². The van der Waals surface area contributed by atoms with Crippen LogP contribution in [0.15, 0.2) is 48.7 Å². The van der Waals surface area contributed by atoms with Crippen molar-refractivity contribution in [3.05, 3.63) is 65.7 Å². The van der Waals surface area contributed by atoms with Crippen molar-refractivity contribution in [2.45, 2.75) is 43.9 Å². The van der Waals surface area contributed by atoms with E-state index in [0.717, 1.165) is 30.4 Å². The van der Waals surface area contributed by atoms with Crippen LogP contribution in [0.25, 0.3) is 0 Å². The van der Waals surface area contributed by atoms with E-state index < -0.39 is 11.7 Å². The molecule has 1 saturated carbocycles. The van der Waals surface area contributed by atoms with Gasteiger partial charge in [-0.3, -0.25) is 9.88 Å². The zero-order chi connectivity index (χ0) is 22.8. The van der Waals surface area contributed by atoms with Crippen molar-refractivity contribution in [3.8, 4) is 0 Å². The van der Waals surface area contributed by atoms with E-state index in [1.54, 1.807) is 12.3 Å². The average Bonchev–Trinajstić information content (AvgIpc) is 3.52. The third-order valence-corrected chi connectivity index (χ3v) is 6.62. The van der Waals surface area contributed by atoms with Crippen LogP contribution >= 0.6 is 0 Å². The van der Waals surface area contributed by atoms with Crippen molar-refractivity contribution in [3.63, 3.8) is 0 Å². The van der Waals surface area contributed by atoms with Gasteiger partial charge in [-0.25, -0.2) is 4.68 Å². The van der Waals surface area contributed by atoms with Crippen molar-refractivity contribution in [2.75, 3.05) is 31.1 Å². The number of benzene rings is 1. The molecule has 174 valence electrons. The zero-order valence-corrected chi connectivity index (χ0v) is 18.2. The second kappa shape index (κ2) is 9.09. The lowest BCUT2D eigenvalue weighted by Crippen LogP contribution is -2.48. The lowest BCUT2D eigenvalue weighted by atomic mass is 10.1. The van der Waals surface area contributed by atoms with E-state index in [1.807, 2.05) is 27.8 Å². The van der Waals surface area contributed by atoms with Crippen LogP contribution in [0.4, 0.5) is 18.9 Å². The molecular formula is C23H26F3N7. The van der Waals surface area contributed by atoms with Gasteiger partial charge in [-0.2, -0.15) is 13.2 Å². The molecule has 0 radical (unpaired) electrons. The van der Waals surface area contributed by atoms with Crippen LogP contribution in [0.3, 0.4) is 0 Å². The standard InChI is InChI=1S/C23H26F3N7/c24-23(25,26)17-6-5-9-19(16-17)31-12-14-32(15-13-31)21(20-10-3-4-11-27-20)22-28-29-30-33(22)18-7-1-2-8-18/h3-6,9-11,16,18,21H,1-2,7-8,12-15H2/t21-/m0/s1. The molecule has 1 aromatic carbocycles. The highest BCUT2D eigenvalue weighted by atomic mass is 19.4. The van der Waals surface area contributed by atoms with Crippen LogP contribution in [0, 0.1) is 0 Å². The molecule has 1 saturated heterocycles. The van der Waals surface area contributed by atoms with Gasteiger partial charge >= 0.3 is 6.18 Å². The third-order valence-electron chi connectivity index (χ3n) is 6.62. The van der Waals surface area contributed by atoms with E-state index in [4.69, 9.17) is 0 Å². The number of anilines is 1. The Morgan fingerprint density at radius 3 is 2.42 bits per heavy atom. The number of tetrazole rings is 1. The fourth-order valence-electron chi connectivity index (χ4n) is 4.93. The van der Waals surface area contributed by atoms with Crippen molar-refractivity contribution in [1.82, 2.24) is 30.1 Å². The highest BCUT2D eigenvalue weighted by molar-refractivity contribution is 5.49. The van der Waals surface area contributed by atoms with Crippen molar-refractivity contribution >= 4 is 5.69 Å². The monoisotopic (exact) mass is 457 g/mol. The Morgan fingerprint density at radius 2 is 1.73 bits per heavy atom. The molecule has 0 N–H and O–H groups in total. The summed E-state index contributed by atoms with van der Waals surface area (Å²) in [5.41, 5.74) is 0.846. The molecular weight excluding hydrogens is 431 g/mol. The molecule has 0 amide bonds. The van der Waals surface area contributed by atoms with Crippen molar-refractivity contribution < 1.29 is 13.2 Å². The van der Waals surface area contributed by atoms with E-state index >= 15 is 0 Å². The minimum absolute atomic E-state index is 0.203. The molecule has 33 heavy (non-hydrogen) atoms. The van der Waals surface area contributed by atoms with Gasteiger partial charge in [0.1, 0.15) is 6.04 Å². The quantitative estimate of drug-likeness (QED) is 0.575. The first-order chi connectivity index (χ1) is 16.0. The molecule has 0 unspecified atom stereocenters. The molecule has 10 heteroatoms. The van der Waals surface area contributed by atoms with Crippen LogP contribution in [0.2, 0.25) is 0 Å². The average molecular weight is 458 g/mol. The molecule has 0 bridgehead atoms. The summed E-state index contributed by atoms with van der Waals surface area (Å²) in [7, 11) is 0. The molecule has 5 rings (SSSR count). The molecule has 2 aromatic heterocycles. The molecule has 1 aliphatic carbocycles. The summed E-state index contributed by atoms with van der Waals surface area (Å²) in [5, 5.41) is 12.7. The summed E-state index contributed by atoms with van der Waals surface area (Å²) < 4.78 is 41.4. The predicted molar refractivity (Wildman–Crippen MR) is 117 cm³/mol. The van der Waals surface area contributed by atoms with Gasteiger partial charge in [-0.05, 0) is 53.6 Å². The second-order valence-corrected chi connectivity index (χ2v) is 8.65. The smallest absolute Gasteiger partial charge is 0.369 e.